The molecule has 0 aliphatic rings. The lowest BCUT2D eigenvalue weighted by Gasteiger charge is -2.17. The van der Waals surface area contributed by atoms with Crippen LogP contribution >= 0.6 is 0 Å². The molecule has 0 unspecified atom stereocenters. The number of aryl methyl sites for hydroxylation is 2. The summed E-state index contributed by atoms with van der Waals surface area (Å²) in [6.07, 6.45) is 0.267. The van der Waals surface area contributed by atoms with Crippen LogP contribution in [0.4, 0.5) is 4.79 Å². The highest BCUT2D eigenvalue weighted by atomic mass is 16.9. The topological polar surface area (TPSA) is 239 Å². The molecule has 0 atom stereocenters. The lowest BCUT2D eigenvalue weighted by atomic mass is 9.98. The molecule has 3 aromatic carbocycles. The first-order valence-corrected chi connectivity index (χ1v) is 18.0. The summed E-state index contributed by atoms with van der Waals surface area (Å²) in [6, 6.07) is 21.7. The predicted octanol–water partition coefficient (Wildman–Crippen LogP) is 5.66. The molecule has 6 rings (SSSR count). The number of ether oxygens (including phenoxy) is 3. The van der Waals surface area contributed by atoms with Crippen LogP contribution in [-0.4, -0.2) is 52.1 Å². The zero-order valence-corrected chi connectivity index (χ0v) is 31.9. The van der Waals surface area contributed by atoms with Gasteiger partial charge in [0.2, 0.25) is 12.6 Å². The summed E-state index contributed by atoms with van der Waals surface area (Å²) in [7, 11) is 0. The van der Waals surface area contributed by atoms with Crippen LogP contribution in [0.5, 0.6) is 0 Å². The molecule has 0 saturated heterocycles. The molecule has 302 valence electrons. The van der Waals surface area contributed by atoms with Gasteiger partial charge in [0.25, 0.3) is 5.09 Å². The molecule has 1 N–H and O–H groups in total. The number of hydrogen-bond acceptors (Lipinski definition) is 16. The molecular weight excluding hydrogens is 758 g/mol. The Morgan fingerprint density at radius 2 is 1.64 bits per heavy atom. The van der Waals surface area contributed by atoms with E-state index in [1.54, 1.807) is 42.7 Å². The lowest BCUT2D eigenvalue weighted by molar-refractivity contribution is -0.763. The average Bonchev–Trinajstić information content (AvgIpc) is 3.91. The van der Waals surface area contributed by atoms with E-state index in [1.807, 2.05) is 55.5 Å². The van der Waals surface area contributed by atoms with Crippen molar-refractivity contribution >= 4 is 12.1 Å². The van der Waals surface area contributed by atoms with Crippen molar-refractivity contribution in [3.63, 3.8) is 0 Å². The van der Waals surface area contributed by atoms with Crippen LogP contribution in [0.2, 0.25) is 0 Å². The zero-order valence-electron chi connectivity index (χ0n) is 31.9. The molecule has 0 spiro atoms. The van der Waals surface area contributed by atoms with Crippen LogP contribution in [0.25, 0.3) is 22.5 Å². The number of imidazole rings is 1. The van der Waals surface area contributed by atoms with Gasteiger partial charge in [-0.3, -0.25) is 0 Å². The molecule has 0 amide bonds. The normalized spacial score (nSPS) is 11.3. The van der Waals surface area contributed by atoms with Crippen LogP contribution in [0.3, 0.4) is 0 Å². The van der Waals surface area contributed by atoms with Gasteiger partial charge < -0.3 is 37.6 Å². The summed E-state index contributed by atoms with van der Waals surface area (Å²) >= 11 is 0. The second-order valence-corrected chi connectivity index (χ2v) is 13.5. The standard InChI is InChI=1S/C39H39N7O12/c1-5-9-32-40-34(39(3,4)50)33(36(47)53-22-31-24(2)57-38(49)58-31)44(32)19-25-14-16-28(17-15-25)29-12-6-7-13-30(29)35-41-43-45(42-35)23-55-37(48)54-20-26-10-8-11-27(18-26)21-56-46(51)52/h6-8,10-18,50H,5,9,19-23H2,1-4H3. The van der Waals surface area contributed by atoms with Gasteiger partial charge in [0.15, 0.2) is 23.8 Å². The SMILES string of the molecule is CCCc1nc(C(C)(C)O)c(C(=O)OCc2oc(=O)oc2C)n1Cc1ccc(-c2ccccc2-c2nnn(COC(=O)OCc3cccc(CO[N+](=O)[O-])c3)n2)cc1. The van der Waals surface area contributed by atoms with E-state index in [-0.39, 0.29) is 61.8 Å². The van der Waals surface area contributed by atoms with Gasteiger partial charge in [-0.25, -0.2) is 19.4 Å². The van der Waals surface area contributed by atoms with E-state index in [2.05, 4.69) is 25.2 Å². The first-order chi connectivity index (χ1) is 27.8. The zero-order chi connectivity index (χ0) is 41.4. The Bertz CT molecular complexity index is 2460. The van der Waals surface area contributed by atoms with Crippen LogP contribution < -0.4 is 5.82 Å². The van der Waals surface area contributed by atoms with Crippen LogP contribution in [0.15, 0.2) is 86.4 Å². The molecule has 58 heavy (non-hydrogen) atoms. The number of carbonyl (C=O) groups excluding carboxylic acids is 2. The third-order valence-corrected chi connectivity index (χ3v) is 8.67. The van der Waals surface area contributed by atoms with Crippen molar-refractivity contribution in [2.45, 2.75) is 79.2 Å². The van der Waals surface area contributed by atoms with Gasteiger partial charge in [-0.2, -0.15) is 0 Å². The van der Waals surface area contributed by atoms with E-state index in [0.29, 0.717) is 28.9 Å². The van der Waals surface area contributed by atoms with Gasteiger partial charge in [0, 0.05) is 18.5 Å². The monoisotopic (exact) mass is 797 g/mol. The largest absolute Gasteiger partial charge is 0.519 e. The molecule has 19 heteroatoms. The maximum Gasteiger partial charge on any atom is 0.519 e. The highest BCUT2D eigenvalue weighted by molar-refractivity contribution is 5.89. The Morgan fingerprint density at radius 1 is 0.914 bits per heavy atom. The van der Waals surface area contributed by atoms with Gasteiger partial charge in [-0.15, -0.1) is 25.1 Å². The van der Waals surface area contributed by atoms with E-state index in [0.717, 1.165) is 27.9 Å². The van der Waals surface area contributed by atoms with E-state index in [1.165, 1.54) is 6.92 Å². The lowest BCUT2D eigenvalue weighted by Crippen LogP contribution is -2.23. The highest BCUT2D eigenvalue weighted by Crippen LogP contribution is 2.31. The maximum absolute atomic E-state index is 13.6. The van der Waals surface area contributed by atoms with Crippen LogP contribution in [0.1, 0.15) is 77.4 Å². The summed E-state index contributed by atoms with van der Waals surface area (Å²) in [4.78, 5) is 58.0. The van der Waals surface area contributed by atoms with Crippen LogP contribution in [0, 0.1) is 17.0 Å². The fourth-order valence-electron chi connectivity index (χ4n) is 5.96. The van der Waals surface area contributed by atoms with E-state index < -0.39 is 28.6 Å². The van der Waals surface area contributed by atoms with Gasteiger partial charge >= 0.3 is 17.9 Å². The third kappa shape index (κ3) is 9.98. The molecule has 0 bridgehead atoms. The number of hydrogen-bond donors (Lipinski definition) is 1. The van der Waals surface area contributed by atoms with E-state index in [4.69, 9.17) is 23.0 Å². The van der Waals surface area contributed by atoms with Crippen molar-refractivity contribution in [3.8, 4) is 22.5 Å². The van der Waals surface area contributed by atoms with Gasteiger partial charge in [0.05, 0.1) is 0 Å². The quantitative estimate of drug-likeness (QED) is 0.0665. The van der Waals surface area contributed by atoms with Crippen molar-refractivity contribution in [1.82, 2.24) is 29.8 Å². The number of carbonyl (C=O) groups is 2. The van der Waals surface area contributed by atoms with Crippen molar-refractivity contribution in [3.05, 3.63) is 139 Å². The number of benzene rings is 3. The molecule has 0 aliphatic carbocycles. The van der Waals surface area contributed by atoms with Crippen molar-refractivity contribution < 1.29 is 47.7 Å². The Hall–Kier alpha value is -7.15. The summed E-state index contributed by atoms with van der Waals surface area (Å²) in [6.45, 7) is 5.71. The van der Waals surface area contributed by atoms with E-state index in [9.17, 15) is 29.6 Å². The average molecular weight is 798 g/mol. The second kappa shape index (κ2) is 17.8. The molecule has 0 fully saturated rings. The number of esters is 1. The summed E-state index contributed by atoms with van der Waals surface area (Å²) in [5.74, 6) is -0.525. The van der Waals surface area contributed by atoms with Crippen molar-refractivity contribution in [2.75, 3.05) is 0 Å². The second-order valence-electron chi connectivity index (χ2n) is 13.5. The van der Waals surface area contributed by atoms with Crippen LogP contribution in [-0.2, 0) is 64.2 Å². The molecule has 0 aliphatic heterocycles. The number of tetrazole rings is 1. The van der Waals surface area contributed by atoms with Crippen molar-refractivity contribution in [2.24, 2.45) is 0 Å². The molecule has 6 aromatic rings. The molecule has 3 aromatic heterocycles. The third-order valence-electron chi connectivity index (χ3n) is 8.67. The fraction of sp³-hybridized carbons (Fsp3) is 0.308. The summed E-state index contributed by atoms with van der Waals surface area (Å²) in [5, 5.41) is 33.2. The summed E-state index contributed by atoms with van der Waals surface area (Å²) < 4.78 is 27.4. The molecule has 19 nitrogen and oxygen atoms in total. The van der Waals surface area contributed by atoms with E-state index >= 15 is 0 Å². The number of aromatic nitrogens is 6. The minimum Gasteiger partial charge on any atom is -0.453 e. The first-order valence-electron chi connectivity index (χ1n) is 18.0. The smallest absolute Gasteiger partial charge is 0.453 e. The molecule has 0 saturated carbocycles. The summed E-state index contributed by atoms with van der Waals surface area (Å²) in [5.41, 5.74) is 2.98. The van der Waals surface area contributed by atoms with Gasteiger partial charge in [-0.05, 0) is 60.2 Å². The number of rotatable bonds is 17. The van der Waals surface area contributed by atoms with Gasteiger partial charge in [0.1, 0.15) is 30.3 Å². The molecular formula is C39H39N7O12. The fourth-order valence-corrected chi connectivity index (χ4v) is 5.96. The Morgan fingerprint density at radius 3 is 2.31 bits per heavy atom. The van der Waals surface area contributed by atoms with Crippen molar-refractivity contribution in [1.29, 1.82) is 0 Å². The van der Waals surface area contributed by atoms with Gasteiger partial charge in [-0.1, -0.05) is 79.7 Å². The molecule has 0 radical (unpaired) electrons. The minimum atomic E-state index is -1.48. The predicted molar refractivity (Wildman–Crippen MR) is 200 cm³/mol. The maximum atomic E-state index is 13.6. The number of aliphatic hydroxyl groups is 1. The first kappa shape index (κ1) is 40.5. The Kier molecular flexibility index (Phi) is 12.4. The Labute approximate surface area is 329 Å². The number of nitrogens with zero attached hydrogens (tertiary/aromatic N) is 7. The highest BCUT2D eigenvalue weighted by Gasteiger charge is 2.33. The molecule has 3 heterocycles. The minimum absolute atomic E-state index is 0.0759. The Balaban J connectivity index is 1.14.